The summed E-state index contributed by atoms with van der Waals surface area (Å²) in [5.41, 5.74) is 0. The minimum Gasteiger partial charge on any atom is -0.462 e. The number of aliphatic hydroxyl groups excluding tert-OH is 1. The number of ether oxygens (including phenoxy) is 4. The second kappa shape index (κ2) is 68.3. The van der Waals surface area contributed by atoms with Crippen LogP contribution in [0.4, 0.5) is 0 Å². The van der Waals surface area contributed by atoms with E-state index in [1.807, 2.05) is 0 Å². The van der Waals surface area contributed by atoms with Gasteiger partial charge < -0.3 is 33.8 Å². The molecule has 6 atom stereocenters. The Morgan fingerprint density at radius 2 is 0.615 bits per heavy atom. The van der Waals surface area contributed by atoms with Crippen LogP contribution in [-0.4, -0.2) is 96.7 Å². The highest BCUT2D eigenvalue weighted by Crippen LogP contribution is 2.45. The summed E-state index contributed by atoms with van der Waals surface area (Å²) in [5.74, 6) is -0.757. The summed E-state index contributed by atoms with van der Waals surface area (Å²) in [6.45, 7) is 9.38. The van der Waals surface area contributed by atoms with Crippen molar-refractivity contribution in [1.29, 1.82) is 0 Å². The standard InChI is InChI=1S/C77H146O17P2/c1-7-10-12-14-16-18-20-22-24-25-26-27-28-29-30-32-34-36-38-40-49-55-61-76(81)93-72(65-87-74(79)59-53-47-39-37-35-33-31-23-21-19-17-15-13-11-8-2)67-91-95(83,84)89-63-71(78)64-90-96(85,86)92-68-73(66-88-75(80)60-54-48-43-41-45-51-57-69(4)5)94-77(82)62-56-50-44-42-46-52-58-70(6)9-3/h19,21,23,31,69-73,78H,7-18,20,22,24-30,32-68H2,1-6H3,(H,83,84)(H,85,86)/b21-19-,31-23-/t70?,71-,72-,73-/m1/s1. The third-order valence-corrected chi connectivity index (χ3v) is 19.6. The molecule has 0 amide bonds. The van der Waals surface area contributed by atoms with Crippen molar-refractivity contribution in [1.82, 2.24) is 0 Å². The summed E-state index contributed by atoms with van der Waals surface area (Å²) in [5, 5.41) is 10.6. The minimum absolute atomic E-state index is 0.0997. The molecule has 19 heteroatoms. The average Bonchev–Trinajstić information content (AvgIpc) is 1.59. The van der Waals surface area contributed by atoms with Gasteiger partial charge in [-0.25, -0.2) is 9.13 Å². The molecule has 0 aromatic rings. The Kier molecular flexibility index (Phi) is 66.6. The lowest BCUT2D eigenvalue weighted by atomic mass is 10.00. The Balaban J connectivity index is 5.21. The number of unbranched alkanes of at least 4 members (excludes halogenated alkanes) is 40. The van der Waals surface area contributed by atoms with E-state index in [9.17, 15) is 43.2 Å². The summed E-state index contributed by atoms with van der Waals surface area (Å²) in [4.78, 5) is 72.7. The van der Waals surface area contributed by atoms with Gasteiger partial charge in [-0.05, 0) is 63.2 Å². The molecule has 0 bridgehead atoms. The van der Waals surface area contributed by atoms with Gasteiger partial charge in [-0.2, -0.15) is 0 Å². The van der Waals surface area contributed by atoms with Crippen molar-refractivity contribution in [3.63, 3.8) is 0 Å². The van der Waals surface area contributed by atoms with Crippen LogP contribution in [0, 0.1) is 11.8 Å². The molecule has 0 rings (SSSR count). The van der Waals surface area contributed by atoms with Crippen molar-refractivity contribution in [2.75, 3.05) is 39.6 Å². The predicted octanol–water partition coefficient (Wildman–Crippen LogP) is 22.3. The monoisotopic (exact) mass is 1410 g/mol. The number of carbonyl (C=O) groups is 4. The zero-order valence-corrected chi connectivity index (χ0v) is 63.9. The van der Waals surface area contributed by atoms with Gasteiger partial charge in [-0.3, -0.25) is 37.3 Å². The number of carbonyl (C=O) groups excluding carboxylic acids is 4. The molecule has 17 nitrogen and oxygen atoms in total. The van der Waals surface area contributed by atoms with Crippen LogP contribution in [0.3, 0.4) is 0 Å². The summed E-state index contributed by atoms with van der Waals surface area (Å²) in [7, 11) is -9.92. The second-order valence-corrected chi connectivity index (χ2v) is 30.7. The Bertz CT molecular complexity index is 1950. The Morgan fingerprint density at radius 1 is 0.344 bits per heavy atom. The van der Waals surface area contributed by atoms with Crippen molar-refractivity contribution < 1.29 is 80.2 Å². The first-order valence-electron chi connectivity index (χ1n) is 39.3. The smallest absolute Gasteiger partial charge is 0.462 e. The van der Waals surface area contributed by atoms with Gasteiger partial charge >= 0.3 is 39.5 Å². The fourth-order valence-electron chi connectivity index (χ4n) is 11.3. The van der Waals surface area contributed by atoms with Gasteiger partial charge in [0.25, 0.3) is 0 Å². The average molecular weight is 1410 g/mol. The van der Waals surface area contributed by atoms with Crippen LogP contribution in [0.25, 0.3) is 0 Å². The van der Waals surface area contributed by atoms with E-state index >= 15 is 0 Å². The fraction of sp³-hybridized carbons (Fsp3) is 0.896. The highest BCUT2D eigenvalue weighted by atomic mass is 31.2. The molecule has 0 saturated heterocycles. The maximum atomic E-state index is 13.1. The highest BCUT2D eigenvalue weighted by molar-refractivity contribution is 7.47. The molecule has 3 unspecified atom stereocenters. The van der Waals surface area contributed by atoms with Crippen molar-refractivity contribution in [3.05, 3.63) is 24.3 Å². The fourth-order valence-corrected chi connectivity index (χ4v) is 12.8. The lowest BCUT2D eigenvalue weighted by molar-refractivity contribution is -0.161. The van der Waals surface area contributed by atoms with E-state index in [1.54, 1.807) is 0 Å². The van der Waals surface area contributed by atoms with Crippen LogP contribution in [0.15, 0.2) is 24.3 Å². The molecule has 3 N–H and O–H groups in total. The molecule has 0 aromatic carbocycles. The van der Waals surface area contributed by atoms with Gasteiger partial charge in [0, 0.05) is 25.7 Å². The van der Waals surface area contributed by atoms with E-state index in [1.165, 1.54) is 167 Å². The molecule has 96 heavy (non-hydrogen) atoms. The molecule has 566 valence electrons. The summed E-state index contributed by atoms with van der Waals surface area (Å²) < 4.78 is 68.4. The van der Waals surface area contributed by atoms with E-state index in [-0.39, 0.29) is 25.7 Å². The van der Waals surface area contributed by atoms with E-state index in [2.05, 4.69) is 65.8 Å². The molecule has 0 spiro atoms. The van der Waals surface area contributed by atoms with E-state index < -0.39 is 97.5 Å². The number of esters is 4. The first-order chi connectivity index (χ1) is 46.4. The molecule has 0 aromatic heterocycles. The number of aliphatic hydroxyl groups is 1. The number of phosphoric acid groups is 2. The molecule has 0 saturated carbocycles. The van der Waals surface area contributed by atoms with Crippen LogP contribution in [0.1, 0.15) is 375 Å². The highest BCUT2D eigenvalue weighted by Gasteiger charge is 2.30. The number of rotatable bonds is 74. The van der Waals surface area contributed by atoms with Gasteiger partial charge in [0.1, 0.15) is 19.3 Å². The first-order valence-corrected chi connectivity index (χ1v) is 42.3. The molecular formula is C77H146O17P2. The maximum absolute atomic E-state index is 13.1. The van der Waals surface area contributed by atoms with Crippen molar-refractivity contribution in [2.45, 2.75) is 394 Å². The maximum Gasteiger partial charge on any atom is 0.472 e. The second-order valence-electron chi connectivity index (χ2n) is 27.8. The lowest BCUT2D eigenvalue weighted by Gasteiger charge is -2.21. The minimum atomic E-state index is -4.97. The molecule has 0 heterocycles. The molecule has 0 radical (unpaired) electrons. The molecular weight excluding hydrogens is 1260 g/mol. The van der Waals surface area contributed by atoms with E-state index in [0.29, 0.717) is 31.6 Å². The van der Waals surface area contributed by atoms with Gasteiger partial charge in [-0.15, -0.1) is 0 Å². The van der Waals surface area contributed by atoms with E-state index in [4.69, 9.17) is 37.0 Å². The van der Waals surface area contributed by atoms with Crippen LogP contribution >= 0.6 is 15.6 Å². The summed E-state index contributed by atoms with van der Waals surface area (Å²) in [6.07, 6.45) is 59.6. The van der Waals surface area contributed by atoms with Crippen LogP contribution in [0.5, 0.6) is 0 Å². The van der Waals surface area contributed by atoms with Crippen molar-refractivity contribution in [3.8, 4) is 0 Å². The van der Waals surface area contributed by atoms with E-state index in [0.717, 1.165) is 121 Å². The number of phosphoric ester groups is 2. The van der Waals surface area contributed by atoms with Crippen molar-refractivity contribution in [2.24, 2.45) is 11.8 Å². The largest absolute Gasteiger partial charge is 0.472 e. The van der Waals surface area contributed by atoms with Crippen LogP contribution in [-0.2, 0) is 65.4 Å². The Labute approximate surface area is 586 Å². The number of hydrogen-bond acceptors (Lipinski definition) is 15. The van der Waals surface area contributed by atoms with Gasteiger partial charge in [0.05, 0.1) is 26.4 Å². The SMILES string of the molecule is CCCCCC/C=C\C=C/CCCCCCCC(=O)OC[C@H](COP(=O)(O)OC[C@@H](O)COP(=O)(O)OC[C@@H](COC(=O)CCCCCCCCC(C)C)OC(=O)CCCCCCCCC(C)CC)OC(=O)CCCCCCCCCCCCCCCCCCCCCCCC. The number of hydrogen-bond donors (Lipinski definition) is 3. The topological polar surface area (TPSA) is 237 Å². The normalized spacial score (nSPS) is 14.4. The zero-order valence-electron chi connectivity index (χ0n) is 62.2. The molecule has 0 fully saturated rings. The third kappa shape index (κ3) is 68.7. The molecule has 0 aliphatic carbocycles. The number of allylic oxidation sites excluding steroid dienone is 4. The van der Waals surface area contributed by atoms with Gasteiger partial charge in [-0.1, -0.05) is 323 Å². The molecule has 0 aliphatic rings. The van der Waals surface area contributed by atoms with Gasteiger partial charge in [0.15, 0.2) is 12.2 Å². The summed E-state index contributed by atoms with van der Waals surface area (Å²) in [6, 6.07) is 0. The molecule has 0 aliphatic heterocycles. The van der Waals surface area contributed by atoms with Crippen LogP contribution in [0.2, 0.25) is 0 Å². The first kappa shape index (κ1) is 93.5. The third-order valence-electron chi connectivity index (χ3n) is 17.7. The van der Waals surface area contributed by atoms with Crippen LogP contribution < -0.4 is 0 Å². The predicted molar refractivity (Wildman–Crippen MR) is 391 cm³/mol. The lowest BCUT2D eigenvalue weighted by Crippen LogP contribution is -2.30. The zero-order chi connectivity index (χ0) is 70.7. The Hall–Kier alpha value is -2.46. The van der Waals surface area contributed by atoms with Gasteiger partial charge in [0.2, 0.25) is 0 Å². The Morgan fingerprint density at radius 3 is 0.938 bits per heavy atom. The summed E-state index contributed by atoms with van der Waals surface area (Å²) >= 11 is 0. The quantitative estimate of drug-likeness (QED) is 0.0169. The van der Waals surface area contributed by atoms with Crippen molar-refractivity contribution >= 4 is 39.5 Å².